The molecule has 0 heterocycles. The SMILES string of the molecule is CCCC(CNC(=O)OCC1c2ccccc2-c2ccccc21)C(=O)N(C)C(C)C(=O)O. The number of rotatable bonds is 9. The largest absolute Gasteiger partial charge is 0.480 e. The van der Waals surface area contributed by atoms with Crippen molar-refractivity contribution in [3.8, 4) is 11.1 Å². The molecule has 3 rings (SSSR count). The Bertz CT molecular complexity index is 944. The monoisotopic (exact) mass is 438 g/mol. The summed E-state index contributed by atoms with van der Waals surface area (Å²) in [4.78, 5) is 37.5. The number of carbonyl (C=O) groups is 3. The van der Waals surface area contributed by atoms with Crippen molar-refractivity contribution in [1.29, 1.82) is 0 Å². The fourth-order valence-corrected chi connectivity index (χ4v) is 4.16. The highest BCUT2D eigenvalue weighted by atomic mass is 16.5. The molecule has 2 aromatic carbocycles. The first kappa shape index (κ1) is 23.3. The number of alkyl carbamates (subject to hydrolysis) is 1. The van der Waals surface area contributed by atoms with Crippen molar-refractivity contribution in [3.05, 3.63) is 59.7 Å². The Balaban J connectivity index is 1.60. The average molecular weight is 439 g/mol. The van der Waals surface area contributed by atoms with E-state index in [0.717, 1.165) is 28.7 Å². The van der Waals surface area contributed by atoms with Crippen LogP contribution in [0.2, 0.25) is 0 Å². The number of likely N-dealkylation sites (N-methyl/N-ethyl adjacent to an activating group) is 1. The summed E-state index contributed by atoms with van der Waals surface area (Å²) in [5.41, 5.74) is 4.57. The predicted molar refractivity (Wildman–Crippen MR) is 121 cm³/mol. The van der Waals surface area contributed by atoms with Crippen LogP contribution in [0.1, 0.15) is 43.7 Å². The highest BCUT2D eigenvalue weighted by Crippen LogP contribution is 2.44. The first-order valence-corrected chi connectivity index (χ1v) is 10.9. The maximum atomic E-state index is 12.7. The number of hydrogen-bond donors (Lipinski definition) is 2. The molecule has 2 unspecified atom stereocenters. The molecule has 0 saturated carbocycles. The van der Waals surface area contributed by atoms with Crippen LogP contribution >= 0.6 is 0 Å². The fourth-order valence-electron chi connectivity index (χ4n) is 4.16. The van der Waals surface area contributed by atoms with Gasteiger partial charge in [-0.1, -0.05) is 61.9 Å². The van der Waals surface area contributed by atoms with Crippen LogP contribution in [-0.2, 0) is 14.3 Å². The van der Waals surface area contributed by atoms with E-state index in [9.17, 15) is 14.4 Å². The van der Waals surface area contributed by atoms with Crippen molar-refractivity contribution in [2.45, 2.75) is 38.6 Å². The Kier molecular flexibility index (Phi) is 7.51. The molecule has 2 N–H and O–H groups in total. The van der Waals surface area contributed by atoms with Crippen molar-refractivity contribution in [3.63, 3.8) is 0 Å². The molecular weight excluding hydrogens is 408 g/mol. The minimum Gasteiger partial charge on any atom is -0.480 e. The molecule has 32 heavy (non-hydrogen) atoms. The van der Waals surface area contributed by atoms with Gasteiger partial charge in [0.2, 0.25) is 5.91 Å². The number of amides is 2. The second-order valence-corrected chi connectivity index (χ2v) is 8.16. The lowest BCUT2D eigenvalue weighted by atomic mass is 9.98. The molecular formula is C25H30N2O5. The summed E-state index contributed by atoms with van der Waals surface area (Å²) in [6.07, 6.45) is 0.687. The van der Waals surface area contributed by atoms with Crippen molar-refractivity contribution in [1.82, 2.24) is 10.2 Å². The Morgan fingerprint density at radius 3 is 2.16 bits per heavy atom. The van der Waals surface area contributed by atoms with Gasteiger partial charge < -0.3 is 20.1 Å². The molecule has 0 bridgehead atoms. The lowest BCUT2D eigenvalue weighted by molar-refractivity contribution is -0.149. The number of nitrogens with zero attached hydrogens (tertiary/aromatic N) is 1. The molecule has 170 valence electrons. The maximum Gasteiger partial charge on any atom is 0.407 e. The van der Waals surface area contributed by atoms with Gasteiger partial charge in [-0.25, -0.2) is 9.59 Å². The molecule has 0 aromatic heterocycles. The van der Waals surface area contributed by atoms with Gasteiger partial charge in [0.15, 0.2) is 0 Å². The normalized spacial score (nSPS) is 14.1. The molecule has 0 saturated heterocycles. The molecule has 2 amide bonds. The van der Waals surface area contributed by atoms with E-state index in [1.807, 2.05) is 31.2 Å². The molecule has 1 aliphatic rings. The first-order valence-electron chi connectivity index (χ1n) is 10.9. The van der Waals surface area contributed by atoms with Crippen LogP contribution in [0.5, 0.6) is 0 Å². The molecule has 2 atom stereocenters. The number of aliphatic carboxylic acids is 1. The topological polar surface area (TPSA) is 95.9 Å². The van der Waals surface area contributed by atoms with Crippen LogP contribution in [0.4, 0.5) is 4.79 Å². The summed E-state index contributed by atoms with van der Waals surface area (Å²) in [5.74, 6) is -1.92. The molecule has 0 radical (unpaired) electrons. The third kappa shape index (κ3) is 4.93. The van der Waals surface area contributed by atoms with Crippen molar-refractivity contribution in [2.24, 2.45) is 5.92 Å². The number of benzene rings is 2. The third-order valence-electron chi connectivity index (χ3n) is 6.11. The van der Waals surface area contributed by atoms with E-state index >= 15 is 0 Å². The van der Waals surface area contributed by atoms with Crippen LogP contribution < -0.4 is 5.32 Å². The maximum absolute atomic E-state index is 12.7. The Labute approximate surface area is 188 Å². The fraction of sp³-hybridized carbons (Fsp3) is 0.400. The smallest absolute Gasteiger partial charge is 0.407 e. The number of carboxylic acids is 1. The van der Waals surface area contributed by atoms with Crippen LogP contribution in [0, 0.1) is 5.92 Å². The van der Waals surface area contributed by atoms with Gasteiger partial charge in [0, 0.05) is 19.5 Å². The van der Waals surface area contributed by atoms with E-state index in [0.29, 0.717) is 6.42 Å². The lowest BCUT2D eigenvalue weighted by Crippen LogP contribution is -2.46. The van der Waals surface area contributed by atoms with Crippen LogP contribution in [0.3, 0.4) is 0 Å². The van der Waals surface area contributed by atoms with Crippen molar-refractivity contribution < 1.29 is 24.2 Å². The standard InChI is InChI=1S/C25H30N2O5/c1-4-9-17(23(28)27(3)16(2)24(29)30)14-26-25(31)32-15-22-20-12-7-5-10-18(20)19-11-6-8-13-21(19)22/h5-8,10-13,16-17,22H,4,9,14-15H2,1-3H3,(H,26,31)(H,29,30). The van der Waals surface area contributed by atoms with E-state index in [4.69, 9.17) is 9.84 Å². The number of fused-ring (bicyclic) bond motifs is 3. The molecule has 0 aliphatic heterocycles. The molecule has 2 aromatic rings. The summed E-state index contributed by atoms with van der Waals surface area (Å²) in [6, 6.07) is 15.3. The van der Waals surface area contributed by atoms with Gasteiger partial charge in [0.05, 0.1) is 5.92 Å². The van der Waals surface area contributed by atoms with Gasteiger partial charge in [0.25, 0.3) is 0 Å². The molecule has 0 fully saturated rings. The minimum atomic E-state index is -1.07. The van der Waals surface area contributed by atoms with Gasteiger partial charge in [0.1, 0.15) is 12.6 Å². The van der Waals surface area contributed by atoms with Crippen LogP contribution in [0.25, 0.3) is 11.1 Å². The molecule has 7 heteroatoms. The zero-order valence-electron chi connectivity index (χ0n) is 18.7. The number of carbonyl (C=O) groups excluding carboxylic acids is 2. The average Bonchev–Trinajstić information content (AvgIpc) is 3.12. The summed E-state index contributed by atoms with van der Waals surface area (Å²) in [7, 11) is 1.47. The number of carboxylic acid groups (broad SMARTS) is 1. The van der Waals surface area contributed by atoms with E-state index in [1.165, 1.54) is 18.9 Å². The highest BCUT2D eigenvalue weighted by Gasteiger charge is 2.30. The number of hydrogen-bond acceptors (Lipinski definition) is 4. The quantitative estimate of drug-likeness (QED) is 0.620. The second-order valence-electron chi connectivity index (χ2n) is 8.16. The second kappa shape index (κ2) is 10.3. The van der Waals surface area contributed by atoms with Gasteiger partial charge >= 0.3 is 12.1 Å². The molecule has 7 nitrogen and oxygen atoms in total. The summed E-state index contributed by atoms with van der Waals surface area (Å²) >= 11 is 0. The zero-order chi connectivity index (χ0) is 23.3. The van der Waals surface area contributed by atoms with Crippen molar-refractivity contribution >= 4 is 18.0 Å². The Hall–Kier alpha value is -3.35. The van der Waals surface area contributed by atoms with E-state index in [2.05, 4.69) is 29.6 Å². The van der Waals surface area contributed by atoms with Crippen LogP contribution in [-0.4, -0.2) is 54.2 Å². The molecule has 1 aliphatic carbocycles. The number of ether oxygens (including phenoxy) is 1. The summed E-state index contributed by atoms with van der Waals surface area (Å²) in [5, 5.41) is 11.8. The number of nitrogens with one attached hydrogen (secondary N) is 1. The Morgan fingerprint density at radius 1 is 1.06 bits per heavy atom. The molecule has 0 spiro atoms. The van der Waals surface area contributed by atoms with Gasteiger partial charge in [-0.2, -0.15) is 0 Å². The third-order valence-corrected chi connectivity index (χ3v) is 6.11. The summed E-state index contributed by atoms with van der Waals surface area (Å²) in [6.45, 7) is 3.69. The zero-order valence-corrected chi connectivity index (χ0v) is 18.7. The predicted octanol–water partition coefficient (Wildman–Crippen LogP) is 3.87. The lowest BCUT2D eigenvalue weighted by Gasteiger charge is -2.26. The van der Waals surface area contributed by atoms with Gasteiger partial charge in [-0.15, -0.1) is 0 Å². The van der Waals surface area contributed by atoms with Gasteiger partial charge in [-0.05, 0) is 35.6 Å². The van der Waals surface area contributed by atoms with Crippen LogP contribution in [0.15, 0.2) is 48.5 Å². The van der Waals surface area contributed by atoms with E-state index in [1.54, 1.807) is 0 Å². The van der Waals surface area contributed by atoms with Gasteiger partial charge in [-0.3, -0.25) is 4.79 Å². The highest BCUT2D eigenvalue weighted by molar-refractivity contribution is 5.85. The summed E-state index contributed by atoms with van der Waals surface area (Å²) < 4.78 is 5.53. The first-order chi connectivity index (χ1) is 15.3. The minimum absolute atomic E-state index is 0.0382. The van der Waals surface area contributed by atoms with Crippen molar-refractivity contribution in [2.75, 3.05) is 20.2 Å². The van der Waals surface area contributed by atoms with E-state index < -0.39 is 24.0 Å². The van der Waals surface area contributed by atoms with E-state index in [-0.39, 0.29) is 25.0 Å². The Morgan fingerprint density at radius 2 is 1.62 bits per heavy atom.